The van der Waals surface area contributed by atoms with Gasteiger partial charge in [-0.25, -0.2) is 4.79 Å². The summed E-state index contributed by atoms with van der Waals surface area (Å²) in [6.45, 7) is 0.237. The molecule has 0 heterocycles. The fraction of sp³-hybridized carbons (Fsp3) is 0.171. The number of para-hydroxylation sites is 4. The van der Waals surface area contributed by atoms with E-state index < -0.39 is 24.4 Å². The second-order valence-corrected chi connectivity index (χ2v) is 10.3. The van der Waals surface area contributed by atoms with E-state index in [0.717, 1.165) is 0 Å². The summed E-state index contributed by atoms with van der Waals surface area (Å²) in [6, 6.07) is 30.3. The van der Waals surface area contributed by atoms with Gasteiger partial charge in [0.2, 0.25) is 11.8 Å². The Labute approximate surface area is 267 Å². The lowest BCUT2D eigenvalue weighted by molar-refractivity contribution is -0.121. The third-order valence-electron chi connectivity index (χ3n) is 7.06. The van der Waals surface area contributed by atoms with Crippen LogP contribution in [0, 0.1) is 0 Å². The van der Waals surface area contributed by atoms with Gasteiger partial charge in [-0.3, -0.25) is 24.1 Å². The molecule has 11 nitrogen and oxygen atoms in total. The van der Waals surface area contributed by atoms with Crippen LogP contribution in [-0.2, 0) is 14.4 Å². The highest BCUT2D eigenvalue weighted by molar-refractivity contribution is 6.06. The molecule has 46 heavy (non-hydrogen) atoms. The molecule has 0 bridgehead atoms. The first-order chi connectivity index (χ1) is 22.1. The largest absolute Gasteiger partial charge is 0.482 e. The first kappa shape index (κ1) is 32.9. The van der Waals surface area contributed by atoms with Crippen LogP contribution < -0.4 is 30.1 Å². The Morgan fingerprint density at radius 3 is 1.89 bits per heavy atom. The Balaban J connectivity index is 1.52. The van der Waals surface area contributed by atoms with E-state index in [1.54, 1.807) is 93.0 Å². The monoisotopic (exact) mass is 621 g/mol. The zero-order chi connectivity index (χ0) is 33.1. The number of benzene rings is 4. The van der Waals surface area contributed by atoms with E-state index in [9.17, 15) is 24.0 Å². The molecule has 4 aromatic rings. The second kappa shape index (κ2) is 15.7. The summed E-state index contributed by atoms with van der Waals surface area (Å²) in [5.41, 5.74) is 2.36. The number of ketones is 1. The smallest absolute Gasteiger partial charge is 0.319 e. The SMILES string of the molecule is CC(=O)c1cccc(NC(=O)NCC(=O)N(CC(=O)N(C)c2ccccc2)c2ccccc2OCC(=O)N(C)c2ccccc2)c1. The molecular formula is C35H35N5O6. The minimum Gasteiger partial charge on any atom is -0.482 e. The van der Waals surface area contributed by atoms with Crippen LogP contribution >= 0.6 is 0 Å². The quantitative estimate of drug-likeness (QED) is 0.220. The van der Waals surface area contributed by atoms with E-state index in [2.05, 4.69) is 10.6 Å². The molecule has 0 aliphatic heterocycles. The summed E-state index contributed by atoms with van der Waals surface area (Å²) in [5.74, 6) is -1.29. The number of Topliss-reactive ketones (excluding diaryl/α,β-unsaturated/α-hetero) is 1. The molecule has 2 N–H and O–H groups in total. The van der Waals surface area contributed by atoms with E-state index >= 15 is 0 Å². The summed E-state index contributed by atoms with van der Waals surface area (Å²) in [7, 11) is 3.23. The van der Waals surface area contributed by atoms with Gasteiger partial charge in [0.05, 0.1) is 12.2 Å². The van der Waals surface area contributed by atoms with E-state index in [-0.39, 0.29) is 36.3 Å². The van der Waals surface area contributed by atoms with Crippen molar-refractivity contribution in [1.29, 1.82) is 0 Å². The number of hydrogen-bond acceptors (Lipinski definition) is 6. The van der Waals surface area contributed by atoms with Crippen LogP contribution in [0.5, 0.6) is 5.75 Å². The van der Waals surface area contributed by atoms with Gasteiger partial charge in [0, 0.05) is 36.7 Å². The minimum absolute atomic E-state index is 0.158. The highest BCUT2D eigenvalue weighted by Crippen LogP contribution is 2.29. The molecule has 0 saturated heterocycles. The van der Waals surface area contributed by atoms with Gasteiger partial charge in [0.25, 0.3) is 5.91 Å². The standard InChI is InChI=1S/C35H35N5O6/c1-25(41)26-13-12-14-27(21-26)37-35(45)36-22-32(42)40(23-33(43)38(2)28-15-6-4-7-16-28)30-19-10-11-20-31(30)46-24-34(44)39(3)29-17-8-5-9-18-29/h4-21H,22-24H2,1-3H3,(H2,36,37,45). The van der Waals surface area contributed by atoms with Crippen LogP contribution in [0.1, 0.15) is 17.3 Å². The molecule has 4 rings (SSSR count). The summed E-state index contributed by atoms with van der Waals surface area (Å²) >= 11 is 0. The van der Waals surface area contributed by atoms with Gasteiger partial charge in [-0.05, 0) is 55.5 Å². The summed E-state index contributed by atoms with van der Waals surface area (Å²) in [6.07, 6.45) is 0. The van der Waals surface area contributed by atoms with Gasteiger partial charge in [0.15, 0.2) is 12.4 Å². The van der Waals surface area contributed by atoms with Crippen LogP contribution in [0.25, 0.3) is 0 Å². The maximum atomic E-state index is 13.7. The Morgan fingerprint density at radius 1 is 0.674 bits per heavy atom. The molecule has 0 radical (unpaired) electrons. The Kier molecular flexibility index (Phi) is 11.2. The van der Waals surface area contributed by atoms with Crippen molar-refractivity contribution < 1.29 is 28.7 Å². The normalized spacial score (nSPS) is 10.3. The maximum absolute atomic E-state index is 13.7. The molecule has 0 spiro atoms. The molecule has 5 amide bonds. The molecule has 0 aromatic heterocycles. The number of carbonyl (C=O) groups excluding carboxylic acids is 5. The summed E-state index contributed by atoms with van der Waals surface area (Å²) < 4.78 is 5.90. The lowest BCUT2D eigenvalue weighted by atomic mass is 10.1. The molecular weight excluding hydrogens is 586 g/mol. The Hall–Kier alpha value is -5.97. The van der Waals surface area contributed by atoms with Gasteiger partial charge < -0.3 is 25.2 Å². The Morgan fingerprint density at radius 2 is 1.26 bits per heavy atom. The van der Waals surface area contributed by atoms with E-state index in [4.69, 9.17) is 4.74 Å². The van der Waals surface area contributed by atoms with Crippen molar-refractivity contribution in [2.45, 2.75) is 6.92 Å². The molecule has 236 valence electrons. The molecule has 0 unspecified atom stereocenters. The minimum atomic E-state index is -0.680. The van der Waals surface area contributed by atoms with Gasteiger partial charge >= 0.3 is 6.03 Å². The summed E-state index contributed by atoms with van der Waals surface area (Å²) in [4.78, 5) is 68.5. The fourth-order valence-corrected chi connectivity index (χ4v) is 4.42. The second-order valence-electron chi connectivity index (χ2n) is 10.3. The molecule has 0 fully saturated rings. The van der Waals surface area contributed by atoms with Crippen molar-refractivity contribution in [1.82, 2.24) is 5.32 Å². The number of ether oxygens (including phenoxy) is 1. The fourth-order valence-electron chi connectivity index (χ4n) is 4.42. The Bertz CT molecular complexity index is 1700. The molecule has 0 aliphatic rings. The number of anilines is 4. The molecule has 4 aromatic carbocycles. The van der Waals surface area contributed by atoms with Gasteiger partial charge in [-0.1, -0.05) is 60.7 Å². The third-order valence-corrected chi connectivity index (χ3v) is 7.06. The number of likely N-dealkylation sites (N-methyl/N-ethyl adjacent to an activating group) is 2. The van der Waals surface area contributed by atoms with Gasteiger partial charge in [-0.2, -0.15) is 0 Å². The molecule has 11 heteroatoms. The van der Waals surface area contributed by atoms with Crippen molar-refractivity contribution in [3.63, 3.8) is 0 Å². The molecule has 0 aliphatic carbocycles. The zero-order valence-electron chi connectivity index (χ0n) is 25.8. The predicted molar refractivity (Wildman–Crippen MR) is 177 cm³/mol. The van der Waals surface area contributed by atoms with Crippen LogP contribution in [0.4, 0.5) is 27.5 Å². The summed E-state index contributed by atoms with van der Waals surface area (Å²) in [5, 5.41) is 5.12. The van der Waals surface area contributed by atoms with Crippen molar-refractivity contribution in [2.75, 3.05) is 53.8 Å². The van der Waals surface area contributed by atoms with E-state index in [0.29, 0.717) is 22.6 Å². The average molecular weight is 622 g/mol. The predicted octanol–water partition coefficient (Wildman–Crippen LogP) is 4.75. The third kappa shape index (κ3) is 8.79. The van der Waals surface area contributed by atoms with Crippen molar-refractivity contribution in [3.05, 3.63) is 115 Å². The first-order valence-corrected chi connectivity index (χ1v) is 14.5. The van der Waals surface area contributed by atoms with E-state index in [1.165, 1.54) is 27.7 Å². The van der Waals surface area contributed by atoms with Crippen LogP contribution in [-0.4, -0.2) is 63.3 Å². The van der Waals surface area contributed by atoms with E-state index in [1.807, 2.05) is 24.3 Å². The number of hydrogen-bond donors (Lipinski definition) is 2. The lowest BCUT2D eigenvalue weighted by Crippen LogP contribution is -2.46. The number of carbonyl (C=O) groups is 5. The van der Waals surface area contributed by atoms with Crippen molar-refractivity contribution in [2.24, 2.45) is 0 Å². The lowest BCUT2D eigenvalue weighted by Gasteiger charge is -2.27. The van der Waals surface area contributed by atoms with Crippen LogP contribution in [0.3, 0.4) is 0 Å². The molecule has 0 saturated carbocycles. The first-order valence-electron chi connectivity index (χ1n) is 14.5. The maximum Gasteiger partial charge on any atom is 0.319 e. The van der Waals surface area contributed by atoms with Crippen molar-refractivity contribution >= 4 is 52.3 Å². The van der Waals surface area contributed by atoms with Crippen LogP contribution in [0.15, 0.2) is 109 Å². The topological polar surface area (TPSA) is 128 Å². The molecule has 0 atom stereocenters. The number of nitrogens with zero attached hydrogens (tertiary/aromatic N) is 3. The van der Waals surface area contributed by atoms with Crippen molar-refractivity contribution in [3.8, 4) is 5.75 Å². The number of urea groups is 1. The van der Waals surface area contributed by atoms with Gasteiger partial charge in [-0.15, -0.1) is 0 Å². The van der Waals surface area contributed by atoms with Crippen LogP contribution in [0.2, 0.25) is 0 Å². The highest BCUT2D eigenvalue weighted by Gasteiger charge is 2.25. The average Bonchev–Trinajstić information content (AvgIpc) is 3.08. The number of rotatable bonds is 12. The number of amides is 5. The number of nitrogens with one attached hydrogen (secondary N) is 2. The zero-order valence-corrected chi connectivity index (χ0v) is 25.8. The van der Waals surface area contributed by atoms with Gasteiger partial charge in [0.1, 0.15) is 12.3 Å². The highest BCUT2D eigenvalue weighted by atomic mass is 16.5.